The molecular weight excluding hydrogens is 292 g/mol. The van der Waals surface area contributed by atoms with E-state index >= 15 is 0 Å². The zero-order valence-corrected chi connectivity index (χ0v) is 13.9. The van der Waals surface area contributed by atoms with Crippen LogP contribution in [0.3, 0.4) is 0 Å². The molecule has 1 amide bonds. The molecule has 2 saturated heterocycles. The number of ether oxygens (including phenoxy) is 1. The Labute approximate surface area is 127 Å². The lowest BCUT2D eigenvalue weighted by molar-refractivity contribution is -0.127. The van der Waals surface area contributed by atoms with E-state index in [1.165, 1.54) is 4.31 Å². The normalized spacial score (nSPS) is 29.8. The third-order valence-corrected chi connectivity index (χ3v) is 6.01. The predicted octanol–water partition coefficient (Wildman–Crippen LogP) is 0.588. The van der Waals surface area contributed by atoms with Gasteiger partial charge in [0.05, 0.1) is 23.9 Å². The molecule has 3 atom stereocenters. The summed E-state index contributed by atoms with van der Waals surface area (Å²) in [5.74, 6) is 0.329. The fraction of sp³-hybridized carbons (Fsp3) is 0.929. The van der Waals surface area contributed by atoms with Crippen molar-refractivity contribution in [1.82, 2.24) is 9.62 Å². The van der Waals surface area contributed by atoms with Gasteiger partial charge in [-0.3, -0.25) is 4.79 Å². The predicted molar refractivity (Wildman–Crippen MR) is 80.3 cm³/mol. The van der Waals surface area contributed by atoms with E-state index in [0.29, 0.717) is 38.4 Å². The molecule has 2 fully saturated rings. The van der Waals surface area contributed by atoms with Gasteiger partial charge < -0.3 is 10.1 Å². The molecule has 0 aromatic rings. The lowest BCUT2D eigenvalue weighted by Gasteiger charge is -2.31. The summed E-state index contributed by atoms with van der Waals surface area (Å²) in [7, 11) is -3.21. The first-order valence-electron chi connectivity index (χ1n) is 7.74. The van der Waals surface area contributed by atoms with E-state index in [0.717, 1.165) is 0 Å². The van der Waals surface area contributed by atoms with Gasteiger partial charge in [-0.15, -0.1) is 0 Å². The highest BCUT2D eigenvalue weighted by molar-refractivity contribution is 7.89. The van der Waals surface area contributed by atoms with E-state index in [2.05, 4.69) is 5.32 Å². The Morgan fingerprint density at radius 3 is 2.71 bits per heavy atom. The number of nitrogens with one attached hydrogen (secondary N) is 1. The molecule has 2 aliphatic rings. The zero-order chi connectivity index (χ0) is 15.6. The number of carbonyl (C=O) groups excluding carboxylic acids is 1. The lowest BCUT2D eigenvalue weighted by atomic mass is 9.99. The van der Waals surface area contributed by atoms with Gasteiger partial charge in [0.25, 0.3) is 0 Å². The van der Waals surface area contributed by atoms with Crippen molar-refractivity contribution >= 4 is 15.9 Å². The van der Waals surface area contributed by atoms with Crippen molar-refractivity contribution in [3.8, 4) is 0 Å². The van der Waals surface area contributed by atoms with Crippen LogP contribution >= 0.6 is 0 Å². The summed E-state index contributed by atoms with van der Waals surface area (Å²) in [6, 6.07) is 0. The minimum atomic E-state index is -3.21. The molecule has 0 aromatic carbocycles. The van der Waals surface area contributed by atoms with Gasteiger partial charge in [-0.05, 0) is 18.8 Å². The van der Waals surface area contributed by atoms with Gasteiger partial charge in [-0.25, -0.2) is 8.42 Å². The molecule has 2 aliphatic heterocycles. The number of fused-ring (bicyclic) bond motifs is 2. The van der Waals surface area contributed by atoms with Crippen LogP contribution in [-0.2, 0) is 19.6 Å². The molecule has 21 heavy (non-hydrogen) atoms. The standard InChI is InChI=1S/C14H26N2O4S/c1-4-5-21(18,19)16-8-11-6-12(13(9-16)20-11)14(17)15-7-10(2)3/h10-13H,4-9H2,1-3H3,(H,15,17)/t11-,12+,13-/m0/s1. The Bertz CT molecular complexity index is 477. The maximum Gasteiger partial charge on any atom is 0.225 e. The minimum absolute atomic E-state index is 0.00839. The first kappa shape index (κ1) is 16.7. The molecule has 0 aliphatic carbocycles. The van der Waals surface area contributed by atoms with Crippen molar-refractivity contribution in [3.63, 3.8) is 0 Å². The van der Waals surface area contributed by atoms with Crippen LogP contribution in [0.15, 0.2) is 0 Å². The molecule has 2 rings (SSSR count). The largest absolute Gasteiger partial charge is 0.371 e. The number of hydrogen-bond donors (Lipinski definition) is 1. The van der Waals surface area contributed by atoms with Gasteiger partial charge in [-0.1, -0.05) is 20.8 Å². The number of rotatable bonds is 6. The first-order chi connectivity index (χ1) is 9.83. The molecule has 0 saturated carbocycles. The van der Waals surface area contributed by atoms with Gasteiger partial charge in [0.2, 0.25) is 15.9 Å². The fourth-order valence-corrected chi connectivity index (χ4v) is 4.49. The highest BCUT2D eigenvalue weighted by Gasteiger charge is 2.46. The fourth-order valence-electron chi connectivity index (χ4n) is 2.95. The summed E-state index contributed by atoms with van der Waals surface area (Å²) in [5, 5.41) is 2.93. The number of sulfonamides is 1. The van der Waals surface area contributed by atoms with E-state index < -0.39 is 10.0 Å². The van der Waals surface area contributed by atoms with Crippen LogP contribution in [0.2, 0.25) is 0 Å². The van der Waals surface area contributed by atoms with Crippen LogP contribution in [0.1, 0.15) is 33.6 Å². The van der Waals surface area contributed by atoms with E-state index in [1.807, 2.05) is 20.8 Å². The minimum Gasteiger partial charge on any atom is -0.371 e. The van der Waals surface area contributed by atoms with Crippen LogP contribution in [0.5, 0.6) is 0 Å². The second-order valence-corrected chi connectivity index (χ2v) is 8.50. The summed E-state index contributed by atoms with van der Waals surface area (Å²) in [6.07, 6.45) is 0.771. The van der Waals surface area contributed by atoms with Gasteiger partial charge in [0, 0.05) is 19.6 Å². The summed E-state index contributed by atoms with van der Waals surface area (Å²) in [4.78, 5) is 12.2. The molecule has 7 heteroatoms. The molecule has 0 aromatic heterocycles. The summed E-state index contributed by atoms with van der Waals surface area (Å²) in [6.45, 7) is 7.27. The molecule has 6 nitrogen and oxygen atoms in total. The Morgan fingerprint density at radius 1 is 1.38 bits per heavy atom. The van der Waals surface area contributed by atoms with Crippen molar-refractivity contribution in [2.75, 3.05) is 25.4 Å². The maximum atomic E-state index is 12.2. The Morgan fingerprint density at radius 2 is 2.10 bits per heavy atom. The quantitative estimate of drug-likeness (QED) is 0.777. The smallest absolute Gasteiger partial charge is 0.225 e. The molecule has 0 radical (unpaired) electrons. The van der Waals surface area contributed by atoms with Crippen molar-refractivity contribution in [2.24, 2.45) is 11.8 Å². The summed E-state index contributed by atoms with van der Waals surface area (Å²) in [5.41, 5.74) is 0. The maximum absolute atomic E-state index is 12.2. The lowest BCUT2D eigenvalue weighted by Crippen LogP contribution is -2.48. The molecule has 1 N–H and O–H groups in total. The van der Waals surface area contributed by atoms with E-state index in [4.69, 9.17) is 4.74 Å². The first-order valence-corrected chi connectivity index (χ1v) is 9.35. The van der Waals surface area contributed by atoms with Crippen molar-refractivity contribution in [1.29, 1.82) is 0 Å². The molecule has 0 spiro atoms. The van der Waals surface area contributed by atoms with E-state index in [9.17, 15) is 13.2 Å². The molecular formula is C14H26N2O4S. The zero-order valence-electron chi connectivity index (χ0n) is 13.0. The average Bonchev–Trinajstić information content (AvgIpc) is 2.70. The van der Waals surface area contributed by atoms with E-state index in [1.54, 1.807) is 0 Å². The third-order valence-electron chi connectivity index (χ3n) is 4.00. The number of nitrogens with zero attached hydrogens (tertiary/aromatic N) is 1. The van der Waals surface area contributed by atoms with Crippen LogP contribution in [0.4, 0.5) is 0 Å². The summed E-state index contributed by atoms with van der Waals surface area (Å²) >= 11 is 0. The monoisotopic (exact) mass is 318 g/mol. The highest BCUT2D eigenvalue weighted by Crippen LogP contribution is 2.33. The number of hydrogen-bond acceptors (Lipinski definition) is 4. The Kier molecular flexibility index (Phi) is 5.27. The topological polar surface area (TPSA) is 75.7 Å². The molecule has 2 bridgehead atoms. The molecule has 0 unspecified atom stereocenters. The SMILES string of the molecule is CCCS(=O)(=O)N1C[C@@H]2C[C@@H](C(=O)NCC(C)C)[C@H](C1)O2. The van der Waals surface area contributed by atoms with Crippen LogP contribution in [0, 0.1) is 11.8 Å². The average molecular weight is 318 g/mol. The van der Waals surface area contributed by atoms with Crippen molar-refractivity contribution < 1.29 is 17.9 Å². The van der Waals surface area contributed by atoms with Gasteiger partial charge in [-0.2, -0.15) is 4.31 Å². The number of carbonyl (C=O) groups is 1. The Balaban J connectivity index is 1.98. The second-order valence-electron chi connectivity index (χ2n) is 6.41. The Hall–Kier alpha value is -0.660. The van der Waals surface area contributed by atoms with Crippen LogP contribution in [-0.4, -0.2) is 56.2 Å². The molecule has 122 valence electrons. The number of morpholine rings is 1. The number of amides is 1. The van der Waals surface area contributed by atoms with Gasteiger partial charge in [0.1, 0.15) is 0 Å². The van der Waals surface area contributed by atoms with Gasteiger partial charge >= 0.3 is 0 Å². The van der Waals surface area contributed by atoms with Crippen LogP contribution in [0.25, 0.3) is 0 Å². The summed E-state index contributed by atoms with van der Waals surface area (Å²) < 4.78 is 31.6. The van der Waals surface area contributed by atoms with Crippen molar-refractivity contribution in [3.05, 3.63) is 0 Å². The highest BCUT2D eigenvalue weighted by atomic mass is 32.2. The third kappa shape index (κ3) is 3.96. The second kappa shape index (κ2) is 6.62. The molecule has 2 heterocycles. The van der Waals surface area contributed by atoms with Gasteiger partial charge in [0.15, 0.2) is 0 Å². The van der Waals surface area contributed by atoms with Crippen molar-refractivity contribution in [2.45, 2.75) is 45.8 Å². The van der Waals surface area contributed by atoms with E-state index in [-0.39, 0.29) is 29.8 Å². The van der Waals surface area contributed by atoms with Crippen LogP contribution < -0.4 is 5.32 Å².